The molecular formula is C4Br6O4Zn. The van der Waals surface area contributed by atoms with Crippen molar-refractivity contribution in [2.24, 2.45) is 0 Å². The summed E-state index contributed by atoms with van der Waals surface area (Å²) in [5.41, 5.74) is 0. The average Bonchev–Trinajstić information content (AvgIpc) is 1.83. The minimum absolute atomic E-state index is 0. The Morgan fingerprint density at radius 1 is 0.733 bits per heavy atom. The number of aliphatic carboxylic acids is 2. The molecule has 0 aromatic heterocycles. The molecule has 0 unspecified atom stereocenters. The van der Waals surface area contributed by atoms with E-state index in [2.05, 4.69) is 95.6 Å². The molecule has 0 saturated heterocycles. The number of hydrogen-bond donors (Lipinski definition) is 0. The average molecular weight is 657 g/mol. The summed E-state index contributed by atoms with van der Waals surface area (Å²) in [5, 5.41) is 19.5. The van der Waals surface area contributed by atoms with Crippen molar-refractivity contribution in [3.05, 3.63) is 0 Å². The first-order valence-electron chi connectivity index (χ1n) is 2.45. The summed E-state index contributed by atoms with van der Waals surface area (Å²) >= 11 is 16.3. The summed E-state index contributed by atoms with van der Waals surface area (Å²) in [6, 6.07) is 0. The van der Waals surface area contributed by atoms with Crippen LogP contribution in [0.15, 0.2) is 0 Å². The van der Waals surface area contributed by atoms with Crippen LogP contribution in [0.2, 0.25) is 0 Å². The number of hydrogen-bond acceptors (Lipinski definition) is 4. The number of carbonyl (C=O) groups excluding carboxylic acids is 2. The van der Waals surface area contributed by atoms with Crippen molar-refractivity contribution in [2.75, 3.05) is 0 Å². The molecule has 0 heterocycles. The molecule has 0 aromatic rings. The van der Waals surface area contributed by atoms with Crippen LogP contribution in [0, 0.1) is 0 Å². The third-order valence-corrected chi connectivity index (χ3v) is 2.41. The first-order chi connectivity index (χ1) is 5.89. The Balaban J connectivity index is -0.000000180. The number of carbonyl (C=O) groups is 2. The normalized spacial score (nSPS) is 10.5. The maximum Gasteiger partial charge on any atom is 2.00 e. The van der Waals surface area contributed by atoms with Crippen LogP contribution in [-0.4, -0.2) is 16.2 Å². The van der Waals surface area contributed by atoms with Gasteiger partial charge >= 0.3 is 19.5 Å². The van der Waals surface area contributed by atoms with Crippen LogP contribution in [0.1, 0.15) is 0 Å². The summed E-state index contributed by atoms with van der Waals surface area (Å²) in [4.78, 5) is 19.5. The van der Waals surface area contributed by atoms with Gasteiger partial charge < -0.3 is 19.8 Å². The van der Waals surface area contributed by atoms with E-state index in [0.29, 0.717) is 0 Å². The van der Waals surface area contributed by atoms with Gasteiger partial charge in [0, 0.05) is 0 Å². The number of halogens is 6. The van der Waals surface area contributed by atoms with Gasteiger partial charge in [-0.3, -0.25) is 0 Å². The number of alkyl halides is 6. The fourth-order valence-corrected chi connectivity index (χ4v) is 0. The molecule has 0 fully saturated rings. The maximum atomic E-state index is 9.77. The Labute approximate surface area is 149 Å². The van der Waals surface area contributed by atoms with Crippen LogP contribution >= 0.6 is 95.6 Å². The molecule has 4 nitrogen and oxygen atoms in total. The Morgan fingerprint density at radius 3 is 0.800 bits per heavy atom. The van der Waals surface area contributed by atoms with Crippen molar-refractivity contribution >= 4 is 108 Å². The molecule has 0 bridgehead atoms. The summed E-state index contributed by atoms with van der Waals surface area (Å²) in [7, 11) is 0. The molecule has 0 spiro atoms. The van der Waals surface area contributed by atoms with Gasteiger partial charge in [0.05, 0.1) is 11.9 Å². The molecule has 0 aliphatic carbocycles. The molecule has 0 atom stereocenters. The van der Waals surface area contributed by atoms with Gasteiger partial charge in [-0.2, -0.15) is 0 Å². The minimum Gasteiger partial charge on any atom is -0.547 e. The smallest absolute Gasteiger partial charge is 0.547 e. The van der Waals surface area contributed by atoms with Crippen LogP contribution in [-0.2, 0) is 29.1 Å². The topological polar surface area (TPSA) is 80.3 Å². The van der Waals surface area contributed by atoms with E-state index >= 15 is 0 Å². The van der Waals surface area contributed by atoms with E-state index in [9.17, 15) is 19.8 Å². The second kappa shape index (κ2) is 9.38. The van der Waals surface area contributed by atoms with Crippen LogP contribution in [0.4, 0.5) is 0 Å². The Hall–Kier alpha value is 2.44. The predicted molar refractivity (Wildman–Crippen MR) is 69.0 cm³/mol. The summed E-state index contributed by atoms with van der Waals surface area (Å²) in [6.07, 6.45) is 0. The van der Waals surface area contributed by atoms with E-state index in [1.54, 1.807) is 0 Å². The number of carboxylic acids is 2. The van der Waals surface area contributed by atoms with Gasteiger partial charge in [-0.05, 0) is 0 Å². The molecule has 15 heavy (non-hydrogen) atoms. The van der Waals surface area contributed by atoms with Gasteiger partial charge in [-0.1, -0.05) is 95.6 Å². The zero-order valence-corrected chi connectivity index (χ0v) is 19.1. The third kappa shape index (κ3) is 16.4. The Morgan fingerprint density at radius 2 is 0.800 bits per heavy atom. The third-order valence-electron chi connectivity index (χ3n) is 0.463. The maximum absolute atomic E-state index is 9.77. The van der Waals surface area contributed by atoms with E-state index in [-0.39, 0.29) is 19.5 Å². The van der Waals surface area contributed by atoms with Crippen molar-refractivity contribution < 1.29 is 39.3 Å². The monoisotopic (exact) mass is 649 g/mol. The van der Waals surface area contributed by atoms with Crippen molar-refractivity contribution in [2.45, 2.75) is 4.29 Å². The molecule has 0 radical (unpaired) electrons. The standard InChI is InChI=1S/2C2HBr3O2.Zn/c2*3-2(4,5)1(6)7;/h2*(H,6,7);/q;;+2/p-2. The van der Waals surface area contributed by atoms with Gasteiger partial charge in [0.1, 0.15) is 0 Å². The van der Waals surface area contributed by atoms with E-state index in [1.807, 2.05) is 0 Å². The SMILES string of the molecule is O=C([O-])C(Br)(Br)Br.O=C([O-])C(Br)(Br)Br.[Zn+2]. The quantitative estimate of drug-likeness (QED) is 0.290. The summed E-state index contributed by atoms with van der Waals surface area (Å²) in [5.74, 6) is -2.51. The molecule has 84 valence electrons. The second-order valence-corrected chi connectivity index (χ2v) is 15.1. The first kappa shape index (κ1) is 22.6. The van der Waals surface area contributed by atoms with E-state index in [4.69, 9.17) is 0 Å². The molecule has 0 aliphatic rings. The van der Waals surface area contributed by atoms with Crippen LogP contribution in [0.25, 0.3) is 0 Å². The van der Waals surface area contributed by atoms with Crippen LogP contribution in [0.3, 0.4) is 0 Å². The Kier molecular flexibility index (Phi) is 14.1. The second-order valence-electron chi connectivity index (χ2n) is 1.57. The molecule has 0 N–H and O–H groups in total. The molecule has 11 heteroatoms. The van der Waals surface area contributed by atoms with E-state index in [1.165, 1.54) is 0 Å². The zero-order chi connectivity index (χ0) is 12.2. The molecule has 0 aromatic carbocycles. The number of carboxylic acid groups (broad SMARTS) is 2. The Bertz CT molecular complexity index is 196. The fraction of sp³-hybridized carbons (Fsp3) is 0.500. The number of rotatable bonds is 0. The molecule has 0 saturated carbocycles. The van der Waals surface area contributed by atoms with Crippen molar-refractivity contribution in [1.29, 1.82) is 0 Å². The van der Waals surface area contributed by atoms with E-state index in [0.717, 1.165) is 0 Å². The van der Waals surface area contributed by atoms with Crippen LogP contribution < -0.4 is 10.2 Å². The minimum atomic E-state index is -1.26. The molecule has 0 aliphatic heterocycles. The van der Waals surface area contributed by atoms with Crippen molar-refractivity contribution in [3.63, 3.8) is 0 Å². The molecule has 0 amide bonds. The van der Waals surface area contributed by atoms with Crippen LogP contribution in [0.5, 0.6) is 0 Å². The predicted octanol–water partition coefficient (Wildman–Crippen LogP) is 1.15. The zero-order valence-electron chi connectivity index (χ0n) is 6.61. The van der Waals surface area contributed by atoms with Gasteiger partial charge in [0.15, 0.2) is 4.29 Å². The van der Waals surface area contributed by atoms with Gasteiger partial charge in [0.25, 0.3) is 0 Å². The molecule has 0 rings (SSSR count). The van der Waals surface area contributed by atoms with Gasteiger partial charge in [-0.25, -0.2) is 0 Å². The fourth-order valence-electron chi connectivity index (χ4n) is 0. The summed E-state index contributed by atoms with van der Waals surface area (Å²) < 4.78 is -2.51. The first-order valence-corrected chi connectivity index (χ1v) is 7.21. The molecular weight excluding hydrogens is 657 g/mol. The van der Waals surface area contributed by atoms with E-state index < -0.39 is 16.2 Å². The van der Waals surface area contributed by atoms with Crippen molar-refractivity contribution in [3.8, 4) is 0 Å². The summed E-state index contributed by atoms with van der Waals surface area (Å²) in [6.45, 7) is 0. The van der Waals surface area contributed by atoms with Gasteiger partial charge in [0.2, 0.25) is 0 Å². The van der Waals surface area contributed by atoms with Gasteiger partial charge in [-0.15, -0.1) is 0 Å². The van der Waals surface area contributed by atoms with Crippen molar-refractivity contribution in [1.82, 2.24) is 0 Å². The largest absolute Gasteiger partial charge is 2.00 e.